The summed E-state index contributed by atoms with van der Waals surface area (Å²) < 4.78 is 4.93. The van der Waals surface area contributed by atoms with Crippen molar-refractivity contribution in [3.8, 4) is 5.75 Å². The van der Waals surface area contributed by atoms with Gasteiger partial charge in [0.25, 0.3) is 0 Å². The summed E-state index contributed by atoms with van der Waals surface area (Å²) in [5, 5.41) is 0. The molecule has 0 aromatic heterocycles. The predicted octanol–water partition coefficient (Wildman–Crippen LogP) is 2.18. The Morgan fingerprint density at radius 1 is 1.27 bits per heavy atom. The molecule has 1 aromatic rings. The lowest BCUT2D eigenvalue weighted by Gasteiger charge is -2.03. The van der Waals surface area contributed by atoms with Crippen LogP contribution in [0.2, 0.25) is 0 Å². The average Bonchev–Trinajstić information content (AvgIpc) is 1.98. The van der Waals surface area contributed by atoms with Crippen molar-refractivity contribution in [3.63, 3.8) is 0 Å². The molecule has 11 heavy (non-hydrogen) atoms. The van der Waals surface area contributed by atoms with Gasteiger partial charge in [0, 0.05) is 0 Å². The molecule has 0 aliphatic rings. The molecule has 0 radical (unpaired) electrons. The first-order valence-electron chi connectivity index (χ1n) is 3.37. The Morgan fingerprint density at radius 2 is 2.00 bits per heavy atom. The van der Waals surface area contributed by atoms with E-state index in [4.69, 9.17) is 9.42 Å². The molecule has 1 N–H and O–H groups in total. The summed E-state index contributed by atoms with van der Waals surface area (Å²) in [7, 11) is -0.472. The largest absolute Gasteiger partial charge is 0.450 e. The van der Waals surface area contributed by atoms with Gasteiger partial charge in [-0.05, 0) is 37.1 Å². The lowest BCUT2D eigenvalue weighted by atomic mass is 10.1. The molecule has 3 heteroatoms. The third-order valence-corrected chi connectivity index (χ3v) is 1.97. The van der Waals surface area contributed by atoms with Gasteiger partial charge in [-0.25, -0.2) is 0 Å². The van der Waals surface area contributed by atoms with E-state index in [1.54, 1.807) is 0 Å². The molecule has 0 saturated carbocycles. The van der Waals surface area contributed by atoms with E-state index < -0.39 is 9.03 Å². The number of hydrogen-bond acceptors (Lipinski definition) is 2. The van der Waals surface area contributed by atoms with Crippen molar-refractivity contribution >= 4 is 9.03 Å². The van der Waals surface area contributed by atoms with Crippen LogP contribution in [-0.4, -0.2) is 4.89 Å². The monoisotopic (exact) mass is 170 g/mol. The first-order chi connectivity index (χ1) is 5.24. The van der Waals surface area contributed by atoms with Crippen LogP contribution in [0.25, 0.3) is 0 Å². The SMILES string of the molecule is Cc1ccc(OPO)cc1C. The summed E-state index contributed by atoms with van der Waals surface area (Å²) in [5.74, 6) is 0.730. The predicted molar refractivity (Wildman–Crippen MR) is 47.1 cm³/mol. The fraction of sp³-hybridized carbons (Fsp3) is 0.250. The summed E-state index contributed by atoms with van der Waals surface area (Å²) in [6, 6.07) is 5.74. The topological polar surface area (TPSA) is 29.5 Å². The van der Waals surface area contributed by atoms with Crippen LogP contribution < -0.4 is 4.52 Å². The van der Waals surface area contributed by atoms with E-state index in [0.29, 0.717) is 0 Å². The second-order valence-electron chi connectivity index (χ2n) is 2.44. The Morgan fingerprint density at radius 3 is 2.55 bits per heavy atom. The molecule has 1 atom stereocenters. The van der Waals surface area contributed by atoms with Gasteiger partial charge in [0.05, 0.1) is 0 Å². The molecular formula is C8H11O2P. The first-order valence-corrected chi connectivity index (χ1v) is 4.23. The highest BCUT2D eigenvalue weighted by atomic mass is 31.1. The van der Waals surface area contributed by atoms with Crippen molar-refractivity contribution in [1.29, 1.82) is 0 Å². The van der Waals surface area contributed by atoms with E-state index in [9.17, 15) is 0 Å². The van der Waals surface area contributed by atoms with Crippen molar-refractivity contribution in [2.24, 2.45) is 0 Å². The average molecular weight is 170 g/mol. The fourth-order valence-corrected chi connectivity index (χ4v) is 1.06. The van der Waals surface area contributed by atoms with E-state index in [1.165, 1.54) is 11.1 Å². The van der Waals surface area contributed by atoms with Gasteiger partial charge < -0.3 is 9.42 Å². The molecule has 2 nitrogen and oxygen atoms in total. The molecule has 0 aliphatic carbocycles. The fourth-order valence-electron chi connectivity index (χ4n) is 0.830. The third kappa shape index (κ3) is 2.18. The van der Waals surface area contributed by atoms with Gasteiger partial charge in [0.2, 0.25) is 9.03 Å². The highest BCUT2D eigenvalue weighted by Gasteiger charge is 1.95. The summed E-state index contributed by atoms with van der Waals surface area (Å²) in [6.07, 6.45) is 0. The second-order valence-corrected chi connectivity index (χ2v) is 2.83. The molecule has 0 aliphatic heterocycles. The Bertz CT molecular complexity index is 248. The minimum Gasteiger partial charge on any atom is -0.450 e. The quantitative estimate of drug-likeness (QED) is 0.689. The van der Waals surface area contributed by atoms with E-state index in [-0.39, 0.29) is 0 Å². The molecule has 0 spiro atoms. The normalized spacial score (nSPS) is 10.8. The van der Waals surface area contributed by atoms with Crippen molar-refractivity contribution in [1.82, 2.24) is 0 Å². The van der Waals surface area contributed by atoms with E-state index in [1.807, 2.05) is 32.0 Å². The maximum absolute atomic E-state index is 8.49. The van der Waals surface area contributed by atoms with Gasteiger partial charge in [-0.1, -0.05) is 6.07 Å². The smallest absolute Gasteiger partial charge is 0.212 e. The van der Waals surface area contributed by atoms with Crippen LogP contribution in [0.3, 0.4) is 0 Å². The molecule has 1 aromatic carbocycles. The number of aryl methyl sites for hydroxylation is 2. The van der Waals surface area contributed by atoms with Crippen LogP contribution in [0.1, 0.15) is 11.1 Å². The van der Waals surface area contributed by atoms with Crippen molar-refractivity contribution < 1.29 is 9.42 Å². The van der Waals surface area contributed by atoms with Gasteiger partial charge in [-0.15, -0.1) is 0 Å². The summed E-state index contributed by atoms with van der Waals surface area (Å²) in [6.45, 7) is 4.06. The lowest BCUT2D eigenvalue weighted by Crippen LogP contribution is -1.82. The van der Waals surface area contributed by atoms with Crippen LogP contribution >= 0.6 is 9.03 Å². The highest BCUT2D eigenvalue weighted by Crippen LogP contribution is 2.20. The Labute approximate surface area is 68.2 Å². The zero-order valence-electron chi connectivity index (χ0n) is 6.59. The van der Waals surface area contributed by atoms with Crippen molar-refractivity contribution in [3.05, 3.63) is 29.3 Å². The van der Waals surface area contributed by atoms with Crippen LogP contribution in [0.15, 0.2) is 18.2 Å². The number of benzene rings is 1. The maximum atomic E-state index is 8.49. The minimum atomic E-state index is -0.472. The Kier molecular flexibility index (Phi) is 2.86. The molecule has 0 bridgehead atoms. The molecule has 0 amide bonds. The summed E-state index contributed by atoms with van der Waals surface area (Å²) >= 11 is 0. The first kappa shape index (κ1) is 8.51. The standard InChI is InChI=1S/C8H11O2P/c1-6-3-4-8(10-11-9)5-7(6)2/h3-5,9,11H,1-2H3. The lowest BCUT2D eigenvalue weighted by molar-refractivity contribution is 0.514. The van der Waals surface area contributed by atoms with Crippen LogP contribution in [0.4, 0.5) is 0 Å². The molecule has 0 heterocycles. The van der Waals surface area contributed by atoms with Crippen molar-refractivity contribution in [2.75, 3.05) is 0 Å². The van der Waals surface area contributed by atoms with Gasteiger partial charge in [0.15, 0.2) is 0 Å². The molecule has 0 fully saturated rings. The number of hydrogen-bond donors (Lipinski definition) is 1. The van der Waals surface area contributed by atoms with Gasteiger partial charge in [-0.3, -0.25) is 0 Å². The third-order valence-electron chi connectivity index (χ3n) is 1.64. The highest BCUT2D eigenvalue weighted by molar-refractivity contribution is 7.25. The van der Waals surface area contributed by atoms with E-state index in [2.05, 4.69) is 0 Å². The van der Waals surface area contributed by atoms with Gasteiger partial charge in [0.1, 0.15) is 5.75 Å². The van der Waals surface area contributed by atoms with Crippen molar-refractivity contribution in [2.45, 2.75) is 13.8 Å². The maximum Gasteiger partial charge on any atom is 0.212 e. The zero-order valence-corrected chi connectivity index (χ0v) is 7.59. The zero-order chi connectivity index (χ0) is 8.27. The summed E-state index contributed by atoms with van der Waals surface area (Å²) in [4.78, 5) is 8.49. The van der Waals surface area contributed by atoms with Gasteiger partial charge in [-0.2, -0.15) is 0 Å². The van der Waals surface area contributed by atoms with Gasteiger partial charge >= 0.3 is 0 Å². The molecular weight excluding hydrogens is 159 g/mol. The molecule has 60 valence electrons. The van der Waals surface area contributed by atoms with Crippen LogP contribution in [0, 0.1) is 13.8 Å². The Hall–Kier alpha value is -0.590. The molecule has 0 saturated heterocycles. The van der Waals surface area contributed by atoms with Crippen LogP contribution in [-0.2, 0) is 0 Å². The van der Waals surface area contributed by atoms with E-state index >= 15 is 0 Å². The Balaban J connectivity index is 2.86. The summed E-state index contributed by atoms with van der Waals surface area (Å²) in [5.41, 5.74) is 2.42. The minimum absolute atomic E-state index is 0.472. The number of rotatable bonds is 2. The molecule has 1 unspecified atom stereocenters. The van der Waals surface area contributed by atoms with Crippen LogP contribution in [0.5, 0.6) is 5.75 Å². The molecule has 1 rings (SSSR count). The second kappa shape index (κ2) is 3.70. The van der Waals surface area contributed by atoms with E-state index in [0.717, 1.165) is 5.75 Å².